The van der Waals surface area contributed by atoms with Crippen molar-refractivity contribution >= 4 is 0 Å². The fraction of sp³-hybridized carbons (Fsp3) is 0.571. The number of rotatable bonds is 7. The molecule has 0 spiro atoms. The normalized spacial score (nSPS) is 17.3. The number of hydrogen-bond donors (Lipinski definition) is 2. The van der Waals surface area contributed by atoms with Gasteiger partial charge >= 0.3 is 0 Å². The molecule has 0 heterocycles. The maximum atomic E-state index is 5.80. The number of hydrogen-bond acceptors (Lipinski definition) is 2. The van der Waals surface area contributed by atoms with Crippen LogP contribution in [0.5, 0.6) is 0 Å². The molecule has 1 aliphatic rings. The Hall–Kier alpha value is -0.860. The van der Waals surface area contributed by atoms with Crippen molar-refractivity contribution in [3.05, 3.63) is 35.9 Å². The van der Waals surface area contributed by atoms with Crippen LogP contribution in [0.2, 0.25) is 0 Å². The first-order valence-corrected chi connectivity index (χ1v) is 6.38. The molecule has 0 saturated heterocycles. The summed E-state index contributed by atoms with van der Waals surface area (Å²) in [5, 5.41) is 3.54. The summed E-state index contributed by atoms with van der Waals surface area (Å²) in [5.41, 5.74) is 7.10. The maximum Gasteiger partial charge on any atom is 0.0444 e. The van der Waals surface area contributed by atoms with Crippen molar-refractivity contribution in [1.29, 1.82) is 0 Å². The van der Waals surface area contributed by atoms with Gasteiger partial charge in [-0.15, -0.1) is 0 Å². The summed E-state index contributed by atoms with van der Waals surface area (Å²) in [4.78, 5) is 0. The third kappa shape index (κ3) is 3.62. The Morgan fingerprint density at radius 1 is 1.25 bits per heavy atom. The van der Waals surface area contributed by atoms with E-state index >= 15 is 0 Å². The molecular formula is C14H22N2. The first-order valence-electron chi connectivity index (χ1n) is 6.38. The molecule has 1 aromatic carbocycles. The van der Waals surface area contributed by atoms with Gasteiger partial charge in [-0.05, 0) is 30.9 Å². The van der Waals surface area contributed by atoms with E-state index in [0.717, 1.165) is 12.5 Å². The highest BCUT2D eigenvalue weighted by Gasteiger charge is 2.20. The van der Waals surface area contributed by atoms with E-state index in [1.165, 1.54) is 31.2 Å². The molecule has 1 unspecified atom stereocenters. The van der Waals surface area contributed by atoms with Crippen LogP contribution in [-0.2, 0) is 0 Å². The van der Waals surface area contributed by atoms with Gasteiger partial charge in [-0.2, -0.15) is 0 Å². The summed E-state index contributed by atoms with van der Waals surface area (Å²) in [7, 11) is 0. The van der Waals surface area contributed by atoms with Crippen molar-refractivity contribution in [3.63, 3.8) is 0 Å². The first-order chi connectivity index (χ1) is 7.90. The average molecular weight is 218 g/mol. The van der Waals surface area contributed by atoms with Crippen molar-refractivity contribution < 1.29 is 0 Å². The van der Waals surface area contributed by atoms with Crippen LogP contribution in [0.4, 0.5) is 0 Å². The van der Waals surface area contributed by atoms with Crippen LogP contribution in [0.25, 0.3) is 0 Å². The molecule has 0 radical (unpaired) electrons. The summed E-state index contributed by atoms with van der Waals surface area (Å²) >= 11 is 0. The van der Waals surface area contributed by atoms with Crippen molar-refractivity contribution in [3.8, 4) is 0 Å². The molecule has 1 aliphatic carbocycles. The summed E-state index contributed by atoms with van der Waals surface area (Å²) in [6, 6.07) is 10.8. The molecule has 0 amide bonds. The molecular weight excluding hydrogens is 196 g/mol. The minimum absolute atomic E-state index is 0.320. The van der Waals surface area contributed by atoms with Crippen molar-refractivity contribution in [2.24, 2.45) is 11.7 Å². The van der Waals surface area contributed by atoms with Gasteiger partial charge in [-0.3, -0.25) is 0 Å². The molecule has 0 aliphatic heterocycles. The summed E-state index contributed by atoms with van der Waals surface area (Å²) in [5.74, 6) is 1.04. The lowest BCUT2D eigenvalue weighted by atomic mass is 10.1. The van der Waals surface area contributed by atoms with Crippen molar-refractivity contribution in [2.75, 3.05) is 13.1 Å². The van der Waals surface area contributed by atoms with E-state index in [4.69, 9.17) is 5.73 Å². The highest BCUT2D eigenvalue weighted by Crippen LogP contribution is 2.33. The molecule has 88 valence electrons. The standard InChI is InChI=1S/C14H22N2/c15-11-14(13-6-2-1-3-7-13)16-10-4-5-12-8-9-12/h1-3,6-7,12,14,16H,4-5,8-11,15H2. The van der Waals surface area contributed by atoms with Gasteiger partial charge in [0, 0.05) is 12.6 Å². The predicted molar refractivity (Wildman–Crippen MR) is 68.2 cm³/mol. The van der Waals surface area contributed by atoms with Gasteiger partial charge in [0.15, 0.2) is 0 Å². The molecule has 1 aromatic rings. The molecule has 0 aromatic heterocycles. The lowest BCUT2D eigenvalue weighted by molar-refractivity contribution is 0.512. The first kappa shape index (κ1) is 11.6. The molecule has 16 heavy (non-hydrogen) atoms. The largest absolute Gasteiger partial charge is 0.329 e. The zero-order valence-electron chi connectivity index (χ0n) is 9.86. The Kier molecular flexibility index (Phi) is 4.37. The quantitative estimate of drug-likeness (QED) is 0.690. The minimum Gasteiger partial charge on any atom is -0.329 e. The lowest BCUT2D eigenvalue weighted by Crippen LogP contribution is -2.29. The molecule has 2 heteroatoms. The van der Waals surface area contributed by atoms with E-state index in [1.54, 1.807) is 0 Å². The van der Waals surface area contributed by atoms with Crippen LogP contribution in [0, 0.1) is 5.92 Å². The molecule has 1 saturated carbocycles. The van der Waals surface area contributed by atoms with Gasteiger partial charge in [0.25, 0.3) is 0 Å². The zero-order valence-corrected chi connectivity index (χ0v) is 9.86. The van der Waals surface area contributed by atoms with Gasteiger partial charge in [0.1, 0.15) is 0 Å². The number of benzene rings is 1. The van der Waals surface area contributed by atoms with Crippen LogP contribution in [0.15, 0.2) is 30.3 Å². The van der Waals surface area contributed by atoms with Crippen LogP contribution in [0.1, 0.15) is 37.3 Å². The van der Waals surface area contributed by atoms with E-state index in [2.05, 4.69) is 29.6 Å². The Morgan fingerprint density at radius 2 is 2.00 bits per heavy atom. The predicted octanol–water partition coefficient (Wildman–Crippen LogP) is 2.47. The van der Waals surface area contributed by atoms with Gasteiger partial charge in [-0.25, -0.2) is 0 Å². The summed E-state index contributed by atoms with van der Waals surface area (Å²) in [6.45, 7) is 1.76. The highest BCUT2D eigenvalue weighted by molar-refractivity contribution is 5.19. The van der Waals surface area contributed by atoms with E-state index in [9.17, 15) is 0 Å². The third-order valence-electron chi connectivity index (χ3n) is 3.31. The highest BCUT2D eigenvalue weighted by atomic mass is 14.9. The monoisotopic (exact) mass is 218 g/mol. The maximum absolute atomic E-state index is 5.80. The molecule has 2 rings (SSSR count). The Labute approximate surface area is 98.2 Å². The van der Waals surface area contributed by atoms with Crippen LogP contribution in [0.3, 0.4) is 0 Å². The second-order valence-corrected chi connectivity index (χ2v) is 4.74. The number of nitrogens with one attached hydrogen (secondary N) is 1. The third-order valence-corrected chi connectivity index (χ3v) is 3.31. The van der Waals surface area contributed by atoms with E-state index < -0.39 is 0 Å². The SMILES string of the molecule is NCC(NCCCC1CC1)c1ccccc1. The van der Waals surface area contributed by atoms with Crippen LogP contribution in [-0.4, -0.2) is 13.1 Å². The Bertz CT molecular complexity index is 293. The van der Waals surface area contributed by atoms with E-state index in [0.29, 0.717) is 12.6 Å². The fourth-order valence-electron chi connectivity index (χ4n) is 2.10. The second-order valence-electron chi connectivity index (χ2n) is 4.74. The van der Waals surface area contributed by atoms with Crippen molar-refractivity contribution in [2.45, 2.75) is 31.7 Å². The minimum atomic E-state index is 0.320. The molecule has 0 bridgehead atoms. The second kappa shape index (κ2) is 6.02. The summed E-state index contributed by atoms with van der Waals surface area (Å²) < 4.78 is 0. The van der Waals surface area contributed by atoms with Gasteiger partial charge in [0.05, 0.1) is 0 Å². The molecule has 3 N–H and O–H groups in total. The fourth-order valence-corrected chi connectivity index (χ4v) is 2.10. The molecule has 2 nitrogen and oxygen atoms in total. The molecule has 1 fully saturated rings. The van der Waals surface area contributed by atoms with Gasteiger partial charge in [-0.1, -0.05) is 43.2 Å². The topological polar surface area (TPSA) is 38.0 Å². The number of nitrogens with two attached hydrogens (primary N) is 1. The Morgan fingerprint density at radius 3 is 2.62 bits per heavy atom. The summed E-state index contributed by atoms with van der Waals surface area (Å²) in [6.07, 6.45) is 5.59. The van der Waals surface area contributed by atoms with Crippen LogP contribution < -0.4 is 11.1 Å². The van der Waals surface area contributed by atoms with Gasteiger partial charge < -0.3 is 11.1 Å². The average Bonchev–Trinajstić information content (AvgIpc) is 3.14. The lowest BCUT2D eigenvalue weighted by Gasteiger charge is -2.17. The molecule has 1 atom stereocenters. The van der Waals surface area contributed by atoms with Crippen molar-refractivity contribution in [1.82, 2.24) is 5.32 Å². The van der Waals surface area contributed by atoms with Gasteiger partial charge in [0.2, 0.25) is 0 Å². The van der Waals surface area contributed by atoms with Crippen LogP contribution >= 0.6 is 0 Å². The Balaban J connectivity index is 1.72. The van der Waals surface area contributed by atoms with E-state index in [1.807, 2.05) is 6.07 Å². The zero-order chi connectivity index (χ0) is 11.2. The smallest absolute Gasteiger partial charge is 0.0444 e. The van der Waals surface area contributed by atoms with E-state index in [-0.39, 0.29) is 0 Å².